The molecular weight excluding hydrogens is 250 g/mol. The van der Waals surface area contributed by atoms with Crippen LogP contribution in [0, 0.1) is 5.92 Å². The molecule has 0 radical (unpaired) electrons. The number of aromatic amines is 1. The summed E-state index contributed by atoms with van der Waals surface area (Å²) in [5, 5.41) is 6.52. The second-order valence-electron chi connectivity index (χ2n) is 5.15. The highest BCUT2D eigenvalue weighted by molar-refractivity contribution is 7.89. The fourth-order valence-corrected chi connectivity index (χ4v) is 4.03. The number of hydrogen-bond acceptors (Lipinski definition) is 3. The molecule has 1 aliphatic rings. The van der Waals surface area contributed by atoms with Gasteiger partial charge in [-0.2, -0.15) is 5.10 Å². The summed E-state index contributed by atoms with van der Waals surface area (Å²) in [4.78, 5) is 0. The largest absolute Gasteiger partial charge is 0.285 e. The predicted molar refractivity (Wildman–Crippen MR) is 70.4 cm³/mol. The van der Waals surface area contributed by atoms with Gasteiger partial charge < -0.3 is 0 Å². The monoisotopic (exact) mass is 271 g/mol. The minimum Gasteiger partial charge on any atom is -0.285 e. The van der Waals surface area contributed by atoms with Gasteiger partial charge in [-0.3, -0.25) is 5.10 Å². The lowest BCUT2D eigenvalue weighted by Crippen LogP contribution is -2.32. The zero-order valence-electron chi connectivity index (χ0n) is 10.8. The van der Waals surface area contributed by atoms with Crippen molar-refractivity contribution in [2.24, 2.45) is 5.92 Å². The summed E-state index contributed by atoms with van der Waals surface area (Å²) in [6.07, 6.45) is 9.09. The van der Waals surface area contributed by atoms with E-state index in [2.05, 4.69) is 10.2 Å². The molecule has 0 bridgehead atoms. The fourth-order valence-electron chi connectivity index (χ4n) is 2.50. The lowest BCUT2D eigenvalue weighted by Gasteiger charge is -2.24. The standard InChI is InChI=1S/C12H21N3O2S/c1-15(9-12-7-13-14-8-12)18(16,17)10-11-5-3-2-4-6-11/h7-8,11H,2-6,9-10H2,1H3,(H,13,14). The van der Waals surface area contributed by atoms with E-state index in [0.717, 1.165) is 18.4 Å². The van der Waals surface area contributed by atoms with Crippen molar-refractivity contribution in [3.63, 3.8) is 0 Å². The number of sulfonamides is 1. The average Bonchev–Trinajstić information content (AvgIpc) is 2.82. The zero-order chi connectivity index (χ0) is 13.0. The van der Waals surface area contributed by atoms with Crippen molar-refractivity contribution >= 4 is 10.0 Å². The normalized spacial score (nSPS) is 18.3. The first-order chi connectivity index (χ1) is 8.58. The number of rotatable bonds is 5. The Hall–Kier alpha value is -0.880. The quantitative estimate of drug-likeness (QED) is 0.887. The van der Waals surface area contributed by atoms with E-state index in [0.29, 0.717) is 18.2 Å². The van der Waals surface area contributed by atoms with Crippen LogP contribution in [0.3, 0.4) is 0 Å². The third-order valence-electron chi connectivity index (χ3n) is 3.61. The Labute approximate surface area is 109 Å². The Morgan fingerprint density at radius 3 is 2.72 bits per heavy atom. The lowest BCUT2D eigenvalue weighted by molar-refractivity contribution is 0.374. The Bertz CT molecular complexity index is 450. The maximum absolute atomic E-state index is 12.2. The molecule has 1 fully saturated rings. The maximum Gasteiger partial charge on any atom is 0.214 e. The van der Waals surface area contributed by atoms with Gasteiger partial charge in [0.25, 0.3) is 0 Å². The van der Waals surface area contributed by atoms with Crippen LogP contribution < -0.4 is 0 Å². The second-order valence-corrected chi connectivity index (χ2v) is 7.27. The lowest BCUT2D eigenvalue weighted by atomic mass is 9.91. The minimum absolute atomic E-state index is 0.293. The SMILES string of the molecule is CN(Cc1cn[nH]c1)S(=O)(=O)CC1CCCCC1. The molecule has 0 saturated heterocycles. The molecule has 1 aliphatic carbocycles. The van der Waals surface area contributed by atoms with Crippen LogP contribution in [0.2, 0.25) is 0 Å². The maximum atomic E-state index is 12.2. The van der Waals surface area contributed by atoms with Crippen molar-refractivity contribution < 1.29 is 8.42 Å². The van der Waals surface area contributed by atoms with Gasteiger partial charge in [0.05, 0.1) is 11.9 Å². The van der Waals surface area contributed by atoms with Crippen molar-refractivity contribution in [1.82, 2.24) is 14.5 Å². The summed E-state index contributed by atoms with van der Waals surface area (Å²) in [6.45, 7) is 0.394. The first-order valence-corrected chi connectivity index (χ1v) is 8.10. The third-order valence-corrected chi connectivity index (χ3v) is 5.58. The first kappa shape index (κ1) is 13.5. The van der Waals surface area contributed by atoms with Crippen molar-refractivity contribution in [2.45, 2.75) is 38.6 Å². The number of nitrogens with zero attached hydrogens (tertiary/aromatic N) is 2. The summed E-state index contributed by atoms with van der Waals surface area (Å²) < 4.78 is 25.9. The highest BCUT2D eigenvalue weighted by Gasteiger charge is 2.25. The Kier molecular flexibility index (Phi) is 4.40. The summed E-state index contributed by atoms with van der Waals surface area (Å²) >= 11 is 0. The molecule has 0 unspecified atom stereocenters. The van der Waals surface area contributed by atoms with Crippen LogP contribution in [0.1, 0.15) is 37.7 Å². The van der Waals surface area contributed by atoms with Crippen LogP contribution in [-0.4, -0.2) is 35.7 Å². The van der Waals surface area contributed by atoms with E-state index in [4.69, 9.17) is 0 Å². The molecule has 0 atom stereocenters. The molecule has 1 N–H and O–H groups in total. The molecule has 0 aromatic carbocycles. The van der Waals surface area contributed by atoms with E-state index in [1.807, 2.05) is 0 Å². The van der Waals surface area contributed by atoms with E-state index < -0.39 is 10.0 Å². The fraction of sp³-hybridized carbons (Fsp3) is 0.750. The van der Waals surface area contributed by atoms with Crippen molar-refractivity contribution in [3.8, 4) is 0 Å². The molecule has 0 amide bonds. The average molecular weight is 271 g/mol. The van der Waals surface area contributed by atoms with E-state index in [-0.39, 0.29) is 0 Å². The van der Waals surface area contributed by atoms with Crippen LogP contribution in [0.5, 0.6) is 0 Å². The number of H-pyrrole nitrogens is 1. The van der Waals surface area contributed by atoms with Crippen molar-refractivity contribution in [3.05, 3.63) is 18.0 Å². The van der Waals surface area contributed by atoms with Gasteiger partial charge in [-0.05, 0) is 18.8 Å². The van der Waals surface area contributed by atoms with Crippen LogP contribution in [0.25, 0.3) is 0 Å². The van der Waals surface area contributed by atoms with Crippen LogP contribution in [0.4, 0.5) is 0 Å². The van der Waals surface area contributed by atoms with Crippen LogP contribution in [0.15, 0.2) is 12.4 Å². The predicted octanol–water partition coefficient (Wildman–Crippen LogP) is 1.75. The van der Waals surface area contributed by atoms with Gasteiger partial charge in [0, 0.05) is 25.4 Å². The van der Waals surface area contributed by atoms with Gasteiger partial charge in [0.15, 0.2) is 0 Å². The Morgan fingerprint density at radius 1 is 1.39 bits per heavy atom. The van der Waals surface area contributed by atoms with E-state index in [9.17, 15) is 8.42 Å². The summed E-state index contributed by atoms with van der Waals surface area (Å²) in [5.41, 5.74) is 0.893. The summed E-state index contributed by atoms with van der Waals surface area (Å²) in [7, 11) is -1.50. The molecule has 102 valence electrons. The molecule has 1 aromatic heterocycles. The Morgan fingerprint density at radius 2 is 2.11 bits per heavy atom. The van der Waals surface area contributed by atoms with Gasteiger partial charge >= 0.3 is 0 Å². The molecule has 5 nitrogen and oxygen atoms in total. The molecule has 2 rings (SSSR count). The number of hydrogen-bond donors (Lipinski definition) is 1. The smallest absolute Gasteiger partial charge is 0.214 e. The highest BCUT2D eigenvalue weighted by atomic mass is 32.2. The summed E-state index contributed by atoms with van der Waals surface area (Å²) in [5.74, 6) is 0.636. The third kappa shape index (κ3) is 3.55. The molecule has 1 heterocycles. The number of nitrogens with one attached hydrogen (secondary N) is 1. The van der Waals surface area contributed by atoms with Gasteiger partial charge in [0.1, 0.15) is 0 Å². The molecule has 1 saturated carbocycles. The number of aromatic nitrogens is 2. The molecular formula is C12H21N3O2S. The first-order valence-electron chi connectivity index (χ1n) is 6.49. The summed E-state index contributed by atoms with van der Waals surface area (Å²) in [6, 6.07) is 0. The molecule has 1 aromatic rings. The van der Waals surface area contributed by atoms with E-state index >= 15 is 0 Å². The van der Waals surface area contributed by atoms with Crippen LogP contribution >= 0.6 is 0 Å². The topological polar surface area (TPSA) is 66.1 Å². The van der Waals surface area contributed by atoms with Gasteiger partial charge in [-0.25, -0.2) is 12.7 Å². The molecule has 0 spiro atoms. The van der Waals surface area contributed by atoms with Crippen molar-refractivity contribution in [2.75, 3.05) is 12.8 Å². The highest BCUT2D eigenvalue weighted by Crippen LogP contribution is 2.25. The van der Waals surface area contributed by atoms with Crippen molar-refractivity contribution in [1.29, 1.82) is 0 Å². The zero-order valence-corrected chi connectivity index (χ0v) is 11.6. The second kappa shape index (κ2) is 5.84. The van der Waals surface area contributed by atoms with E-state index in [1.165, 1.54) is 23.6 Å². The molecule has 18 heavy (non-hydrogen) atoms. The molecule has 6 heteroatoms. The van der Waals surface area contributed by atoms with Gasteiger partial charge in [0.2, 0.25) is 10.0 Å². The Balaban J connectivity index is 1.92. The van der Waals surface area contributed by atoms with E-state index in [1.54, 1.807) is 19.4 Å². The van der Waals surface area contributed by atoms with Gasteiger partial charge in [-0.1, -0.05) is 19.3 Å². The van der Waals surface area contributed by atoms with Gasteiger partial charge in [-0.15, -0.1) is 0 Å². The van der Waals surface area contributed by atoms with Crippen LogP contribution in [-0.2, 0) is 16.6 Å². The minimum atomic E-state index is -3.14. The molecule has 0 aliphatic heterocycles.